The van der Waals surface area contributed by atoms with E-state index in [0.717, 1.165) is 11.2 Å². The maximum absolute atomic E-state index is 9.52. The second kappa shape index (κ2) is 14.0. The number of nitriles is 2. The van der Waals surface area contributed by atoms with E-state index in [9.17, 15) is 4.79 Å². The fourth-order valence-electron chi connectivity index (χ4n) is 1.64. The van der Waals surface area contributed by atoms with Crippen LogP contribution in [0.25, 0.3) is 10.9 Å². The number of aromatic nitrogens is 1. The normalized spacial score (nSPS) is 8.52. The first-order valence-corrected chi connectivity index (χ1v) is 6.71. The first-order valence-electron chi connectivity index (χ1n) is 6.71. The minimum Gasteiger partial charge on any atom is -0.467 e. The zero-order valence-corrected chi connectivity index (χ0v) is 12.7. The number of para-hydroxylation sites is 1. The molecule has 0 unspecified atom stereocenters. The number of ether oxygens (including phenoxy) is 1. The van der Waals surface area contributed by atoms with Gasteiger partial charge >= 0.3 is 0 Å². The Kier molecular flexibility index (Phi) is 12.3. The molecule has 0 spiro atoms. The number of hydrazine groups is 1. The fraction of sp³-hybridized carbons (Fsp3) is 0.267. The smallest absolute Gasteiger partial charge is 0.293 e. The van der Waals surface area contributed by atoms with Crippen molar-refractivity contribution in [3.8, 4) is 12.1 Å². The molecule has 0 radical (unpaired) electrons. The molecule has 23 heavy (non-hydrogen) atoms. The standard InChI is InChI=1S/C10H8N2.C5H8N2O2.H4N2/c11-6-5-9-7-8-3-1-2-4-10(8)12-9;6-1-2-7-3-4-9-5-8;1-2/h1-4,7,12H,5H2;5,7H,2-4H2;1-2H2. The number of nitrogens with zero attached hydrogens (tertiary/aromatic N) is 2. The van der Waals surface area contributed by atoms with Gasteiger partial charge in [0.1, 0.15) is 6.61 Å². The van der Waals surface area contributed by atoms with Gasteiger partial charge in [-0.25, -0.2) is 0 Å². The molecule has 1 aromatic heterocycles. The summed E-state index contributed by atoms with van der Waals surface area (Å²) in [5, 5.41) is 20.4. The van der Waals surface area contributed by atoms with Crippen molar-refractivity contribution in [2.75, 3.05) is 19.7 Å². The zero-order chi connectivity index (χ0) is 17.3. The van der Waals surface area contributed by atoms with Crippen LogP contribution < -0.4 is 17.0 Å². The van der Waals surface area contributed by atoms with E-state index in [1.54, 1.807) is 0 Å². The van der Waals surface area contributed by atoms with Gasteiger partial charge in [-0.2, -0.15) is 10.5 Å². The van der Waals surface area contributed by atoms with Gasteiger partial charge in [-0.3, -0.25) is 16.5 Å². The highest BCUT2D eigenvalue weighted by atomic mass is 16.5. The lowest BCUT2D eigenvalue weighted by Crippen LogP contribution is -2.19. The van der Waals surface area contributed by atoms with E-state index in [4.69, 9.17) is 10.5 Å². The van der Waals surface area contributed by atoms with Gasteiger partial charge < -0.3 is 15.0 Å². The predicted molar refractivity (Wildman–Crippen MR) is 86.5 cm³/mol. The zero-order valence-electron chi connectivity index (χ0n) is 12.7. The Labute approximate surface area is 134 Å². The molecular weight excluding hydrogens is 296 g/mol. The number of nitrogens with one attached hydrogen (secondary N) is 2. The van der Waals surface area contributed by atoms with Crippen molar-refractivity contribution >= 4 is 17.4 Å². The third kappa shape index (κ3) is 8.86. The van der Waals surface area contributed by atoms with Crippen molar-refractivity contribution in [2.24, 2.45) is 11.7 Å². The maximum atomic E-state index is 9.52. The molecule has 2 aromatic rings. The van der Waals surface area contributed by atoms with Crippen LogP contribution >= 0.6 is 0 Å². The summed E-state index contributed by atoms with van der Waals surface area (Å²) in [6.07, 6.45) is 0.453. The number of fused-ring (bicyclic) bond motifs is 1. The Balaban J connectivity index is 0.000000396. The Morgan fingerprint density at radius 1 is 1.26 bits per heavy atom. The van der Waals surface area contributed by atoms with E-state index in [-0.39, 0.29) is 0 Å². The number of hydrogen-bond acceptors (Lipinski definition) is 7. The highest BCUT2D eigenvalue weighted by Crippen LogP contribution is 2.14. The quantitative estimate of drug-likeness (QED) is 0.197. The van der Waals surface area contributed by atoms with Crippen molar-refractivity contribution in [3.05, 3.63) is 36.0 Å². The maximum Gasteiger partial charge on any atom is 0.293 e. The van der Waals surface area contributed by atoms with Crippen LogP contribution in [0.3, 0.4) is 0 Å². The van der Waals surface area contributed by atoms with Crippen LogP contribution in [0.4, 0.5) is 0 Å². The second-order valence-corrected chi connectivity index (χ2v) is 4.02. The number of rotatable bonds is 6. The van der Waals surface area contributed by atoms with Crippen molar-refractivity contribution in [3.63, 3.8) is 0 Å². The molecule has 0 atom stereocenters. The van der Waals surface area contributed by atoms with E-state index in [2.05, 4.69) is 32.8 Å². The molecule has 1 aromatic carbocycles. The molecule has 0 saturated heterocycles. The molecule has 1 heterocycles. The van der Waals surface area contributed by atoms with Crippen molar-refractivity contribution in [2.45, 2.75) is 6.42 Å². The molecule has 6 N–H and O–H groups in total. The number of nitrogens with two attached hydrogens (primary N) is 2. The highest BCUT2D eigenvalue weighted by Gasteiger charge is 1.97. The third-order valence-corrected chi connectivity index (χ3v) is 2.52. The second-order valence-electron chi connectivity index (χ2n) is 4.02. The molecule has 0 bridgehead atoms. The van der Waals surface area contributed by atoms with Crippen molar-refractivity contribution in [1.82, 2.24) is 10.3 Å². The topological polar surface area (TPSA) is 154 Å². The summed E-state index contributed by atoms with van der Waals surface area (Å²) in [4.78, 5) is 12.7. The van der Waals surface area contributed by atoms with Gasteiger partial charge in [0.2, 0.25) is 0 Å². The molecule has 2 rings (SSSR count). The van der Waals surface area contributed by atoms with Gasteiger partial charge in [-0.05, 0) is 17.5 Å². The Morgan fingerprint density at radius 2 is 2.00 bits per heavy atom. The lowest BCUT2D eigenvalue weighted by atomic mass is 10.2. The summed E-state index contributed by atoms with van der Waals surface area (Å²) in [5.74, 6) is 8.00. The molecule has 0 aliphatic carbocycles. The fourth-order valence-corrected chi connectivity index (χ4v) is 1.64. The average Bonchev–Trinajstić information content (AvgIpc) is 3.00. The molecule has 0 aliphatic heterocycles. The molecule has 8 nitrogen and oxygen atoms in total. The van der Waals surface area contributed by atoms with E-state index >= 15 is 0 Å². The first-order chi connectivity index (χ1) is 11.3. The molecule has 122 valence electrons. The molecule has 0 aliphatic rings. The summed E-state index contributed by atoms with van der Waals surface area (Å²) in [6, 6.07) is 14.0. The molecule has 0 fully saturated rings. The van der Waals surface area contributed by atoms with Crippen LogP contribution in [0.2, 0.25) is 0 Å². The number of hydrogen-bond donors (Lipinski definition) is 4. The number of aromatic amines is 1. The molecule has 8 heteroatoms. The number of carbonyl (C=O) groups is 1. The molecular formula is C15H20N6O2. The molecule has 0 amide bonds. The lowest BCUT2D eigenvalue weighted by molar-refractivity contribution is -0.128. The lowest BCUT2D eigenvalue weighted by Gasteiger charge is -1.95. The Morgan fingerprint density at radius 3 is 2.61 bits per heavy atom. The number of benzene rings is 1. The van der Waals surface area contributed by atoms with Gasteiger partial charge in [0.05, 0.1) is 25.1 Å². The van der Waals surface area contributed by atoms with Gasteiger partial charge in [0, 0.05) is 17.8 Å². The highest BCUT2D eigenvalue weighted by molar-refractivity contribution is 5.80. The predicted octanol–water partition coefficient (Wildman–Crippen LogP) is 0.325. The summed E-state index contributed by atoms with van der Waals surface area (Å²) >= 11 is 0. The van der Waals surface area contributed by atoms with Gasteiger partial charge in [0.15, 0.2) is 0 Å². The average molecular weight is 316 g/mol. The summed E-state index contributed by atoms with van der Waals surface area (Å²) in [6.45, 7) is 1.54. The van der Waals surface area contributed by atoms with Gasteiger partial charge in [-0.1, -0.05) is 18.2 Å². The third-order valence-electron chi connectivity index (χ3n) is 2.52. The summed E-state index contributed by atoms with van der Waals surface area (Å²) < 4.78 is 4.33. The van der Waals surface area contributed by atoms with E-state index in [0.29, 0.717) is 32.6 Å². The SMILES string of the molecule is N#CCNCCOC=O.N#CCc1cc2ccccc2[nH]1.NN. The number of carbonyl (C=O) groups excluding carboxylic acids is 1. The van der Waals surface area contributed by atoms with Crippen LogP contribution in [0, 0.1) is 22.7 Å². The van der Waals surface area contributed by atoms with E-state index in [1.807, 2.05) is 36.4 Å². The summed E-state index contributed by atoms with van der Waals surface area (Å²) in [5.41, 5.74) is 2.08. The van der Waals surface area contributed by atoms with Crippen LogP contribution in [0.5, 0.6) is 0 Å². The van der Waals surface area contributed by atoms with E-state index in [1.165, 1.54) is 5.39 Å². The molecule has 0 saturated carbocycles. The van der Waals surface area contributed by atoms with Crippen LogP contribution in [-0.4, -0.2) is 31.2 Å². The largest absolute Gasteiger partial charge is 0.467 e. The number of H-pyrrole nitrogens is 1. The Bertz CT molecular complexity index is 608. The Hall–Kier alpha value is -2.91. The minimum absolute atomic E-state index is 0.294. The first kappa shape index (κ1) is 20.1. The van der Waals surface area contributed by atoms with Crippen molar-refractivity contribution in [1.29, 1.82) is 10.5 Å². The summed E-state index contributed by atoms with van der Waals surface area (Å²) in [7, 11) is 0. The van der Waals surface area contributed by atoms with Crippen LogP contribution in [-0.2, 0) is 16.0 Å². The van der Waals surface area contributed by atoms with E-state index < -0.39 is 0 Å². The van der Waals surface area contributed by atoms with Crippen LogP contribution in [0.1, 0.15) is 5.69 Å². The minimum atomic E-state index is 0.294. The van der Waals surface area contributed by atoms with Gasteiger partial charge in [0.25, 0.3) is 6.47 Å². The van der Waals surface area contributed by atoms with Crippen LogP contribution in [0.15, 0.2) is 30.3 Å². The van der Waals surface area contributed by atoms with Crippen molar-refractivity contribution < 1.29 is 9.53 Å². The monoisotopic (exact) mass is 316 g/mol. The van der Waals surface area contributed by atoms with Gasteiger partial charge in [-0.15, -0.1) is 0 Å².